The molecule has 0 amide bonds. The van der Waals surface area contributed by atoms with E-state index in [1.165, 1.54) is 0 Å². The van der Waals surface area contributed by atoms with Crippen LogP contribution in [0, 0.1) is 0 Å². The summed E-state index contributed by atoms with van der Waals surface area (Å²) in [4.78, 5) is 3.23. The first-order chi connectivity index (χ1) is 6.75. The Hall–Kier alpha value is -0.920. The number of halogens is 6. The topological polar surface area (TPSA) is 38.9 Å². The first-order valence-corrected chi connectivity index (χ1v) is 4.33. The summed E-state index contributed by atoms with van der Waals surface area (Å²) in [6.45, 7) is 0. The highest BCUT2D eigenvalue weighted by Crippen LogP contribution is 2.42. The number of alkyl halides is 5. The van der Waals surface area contributed by atoms with Crippen molar-refractivity contribution in [2.24, 2.45) is 0 Å². The fourth-order valence-corrected chi connectivity index (χ4v) is 1.56. The first kappa shape index (κ1) is 12.2. The molecule has 0 unspecified atom stereocenters. The van der Waals surface area contributed by atoms with Crippen molar-refractivity contribution in [3.05, 3.63) is 21.9 Å². The van der Waals surface area contributed by atoms with Gasteiger partial charge in [0.15, 0.2) is 0 Å². The van der Waals surface area contributed by atoms with Gasteiger partial charge >= 0.3 is 6.18 Å². The molecule has 8 heteroatoms. The molecule has 0 aliphatic heterocycles. The second kappa shape index (κ2) is 3.92. The van der Waals surface area contributed by atoms with Gasteiger partial charge in [0, 0.05) is 0 Å². The molecule has 0 radical (unpaired) electrons. The Labute approximate surface area is 89.4 Å². The predicted octanol–water partition coefficient (Wildman–Crippen LogP) is 3.38. The van der Waals surface area contributed by atoms with Gasteiger partial charge in [-0.05, 0) is 15.9 Å². The van der Waals surface area contributed by atoms with Crippen LogP contribution in [-0.2, 0) is 6.18 Å². The molecule has 0 spiro atoms. The second-order valence-corrected chi connectivity index (χ2v) is 3.34. The summed E-state index contributed by atoms with van der Waals surface area (Å²) in [5, 5.41) is 0. The number of rotatable bonds is 1. The highest BCUT2D eigenvalue weighted by atomic mass is 79.9. The lowest BCUT2D eigenvalue weighted by Crippen LogP contribution is -2.13. The van der Waals surface area contributed by atoms with Gasteiger partial charge in [-0.3, -0.25) is 0 Å². The quantitative estimate of drug-likeness (QED) is 0.636. The molecule has 0 atom stereocenters. The molecule has 2 N–H and O–H groups in total. The summed E-state index contributed by atoms with van der Waals surface area (Å²) in [6, 6.07) is 0. The first-order valence-electron chi connectivity index (χ1n) is 3.54. The Morgan fingerprint density at radius 3 is 2.20 bits per heavy atom. The summed E-state index contributed by atoms with van der Waals surface area (Å²) < 4.78 is 61.2. The van der Waals surface area contributed by atoms with E-state index >= 15 is 0 Å². The summed E-state index contributed by atoms with van der Waals surface area (Å²) in [6.07, 6.45) is -7.48. The van der Waals surface area contributed by atoms with Crippen LogP contribution in [0.1, 0.15) is 17.6 Å². The average molecular weight is 291 g/mol. The van der Waals surface area contributed by atoms with Crippen LogP contribution in [0.3, 0.4) is 0 Å². The van der Waals surface area contributed by atoms with Crippen molar-refractivity contribution >= 4 is 21.6 Å². The van der Waals surface area contributed by atoms with Gasteiger partial charge < -0.3 is 5.73 Å². The van der Waals surface area contributed by atoms with Gasteiger partial charge in [0.2, 0.25) is 0 Å². The van der Waals surface area contributed by atoms with Crippen LogP contribution >= 0.6 is 15.9 Å². The molecule has 1 aromatic heterocycles. The third kappa shape index (κ3) is 2.36. The zero-order valence-electron chi connectivity index (χ0n) is 6.95. The van der Waals surface area contributed by atoms with Crippen LogP contribution in [-0.4, -0.2) is 4.98 Å². The van der Waals surface area contributed by atoms with Crippen molar-refractivity contribution in [3.8, 4) is 0 Å². The van der Waals surface area contributed by atoms with E-state index in [9.17, 15) is 22.0 Å². The maximum atomic E-state index is 12.4. The Morgan fingerprint density at radius 2 is 1.87 bits per heavy atom. The highest BCUT2D eigenvalue weighted by Gasteiger charge is 2.39. The Morgan fingerprint density at radius 1 is 1.33 bits per heavy atom. The number of hydrogen-bond donors (Lipinski definition) is 1. The molecule has 0 saturated heterocycles. The molecule has 1 aromatic rings. The Bertz CT molecular complexity index is 376. The van der Waals surface area contributed by atoms with Crippen LogP contribution in [0.15, 0.2) is 10.8 Å². The maximum Gasteiger partial charge on any atom is 0.419 e. The number of anilines is 1. The van der Waals surface area contributed by atoms with Crippen molar-refractivity contribution in [2.75, 3.05) is 5.73 Å². The molecule has 1 rings (SSSR count). The summed E-state index contributed by atoms with van der Waals surface area (Å²) in [5.41, 5.74) is 1.57. The largest absolute Gasteiger partial charge is 0.419 e. The van der Waals surface area contributed by atoms with Crippen molar-refractivity contribution < 1.29 is 22.0 Å². The summed E-state index contributed by atoms with van der Waals surface area (Å²) in [5.74, 6) is 0. The minimum Gasteiger partial charge on any atom is -0.397 e. The van der Waals surface area contributed by atoms with Gasteiger partial charge in [-0.25, -0.2) is 13.8 Å². The number of aromatic nitrogens is 1. The van der Waals surface area contributed by atoms with Crippen LogP contribution in [0.4, 0.5) is 27.6 Å². The van der Waals surface area contributed by atoms with Gasteiger partial charge in [0.1, 0.15) is 4.60 Å². The van der Waals surface area contributed by atoms with Crippen LogP contribution in [0.2, 0.25) is 0 Å². The molecule has 0 bridgehead atoms. The Balaban J connectivity index is 3.53. The molecule has 0 aliphatic carbocycles. The van der Waals surface area contributed by atoms with Crippen molar-refractivity contribution in [1.29, 1.82) is 0 Å². The maximum absolute atomic E-state index is 12.4. The minimum atomic E-state index is -4.92. The third-order valence-corrected chi connectivity index (χ3v) is 2.21. The van der Waals surface area contributed by atoms with E-state index in [1.54, 1.807) is 0 Å². The SMILES string of the molecule is Nc1cnc(Br)c(C(F)(F)F)c1C(F)F. The van der Waals surface area contributed by atoms with E-state index in [-0.39, 0.29) is 0 Å². The standard InChI is InChI=1S/C7H4BrF5N2/c8-5-4(7(11,12)13)3(6(9)10)2(14)1-15-5/h1,6H,14H2. The fraction of sp³-hybridized carbons (Fsp3) is 0.286. The predicted molar refractivity (Wildman–Crippen MR) is 46.3 cm³/mol. The van der Waals surface area contributed by atoms with Crippen molar-refractivity contribution in [1.82, 2.24) is 4.98 Å². The molecule has 0 saturated carbocycles. The molecular formula is C7H4BrF5N2. The second-order valence-electron chi connectivity index (χ2n) is 2.59. The molecule has 0 aliphatic rings. The van der Waals surface area contributed by atoms with Gasteiger partial charge in [-0.15, -0.1) is 0 Å². The van der Waals surface area contributed by atoms with Crippen molar-refractivity contribution in [2.45, 2.75) is 12.6 Å². The fourth-order valence-electron chi connectivity index (χ4n) is 1.02. The minimum absolute atomic E-state index is 0.680. The molecule has 0 fully saturated rings. The molecule has 0 aromatic carbocycles. The van der Waals surface area contributed by atoms with E-state index in [4.69, 9.17) is 5.73 Å². The summed E-state index contributed by atoms with van der Waals surface area (Å²) in [7, 11) is 0. The number of pyridine rings is 1. The lowest BCUT2D eigenvalue weighted by molar-refractivity contribution is -0.140. The average Bonchev–Trinajstić information content (AvgIpc) is 2.05. The lowest BCUT2D eigenvalue weighted by atomic mass is 10.1. The zero-order chi connectivity index (χ0) is 11.8. The summed E-state index contributed by atoms with van der Waals surface area (Å²) >= 11 is 2.47. The van der Waals surface area contributed by atoms with E-state index in [0.717, 1.165) is 6.20 Å². The molecule has 84 valence electrons. The highest BCUT2D eigenvalue weighted by molar-refractivity contribution is 9.10. The molecule has 1 heterocycles. The van der Waals surface area contributed by atoms with E-state index < -0.39 is 34.0 Å². The smallest absolute Gasteiger partial charge is 0.397 e. The molecule has 15 heavy (non-hydrogen) atoms. The van der Waals surface area contributed by atoms with Crippen LogP contribution in [0.25, 0.3) is 0 Å². The van der Waals surface area contributed by atoms with Gasteiger partial charge in [-0.2, -0.15) is 13.2 Å². The van der Waals surface area contributed by atoms with E-state index in [0.29, 0.717) is 0 Å². The monoisotopic (exact) mass is 290 g/mol. The zero-order valence-corrected chi connectivity index (χ0v) is 8.53. The number of hydrogen-bond acceptors (Lipinski definition) is 2. The van der Waals surface area contributed by atoms with Gasteiger partial charge in [0.05, 0.1) is 23.0 Å². The van der Waals surface area contributed by atoms with E-state index in [1.807, 2.05) is 0 Å². The molecular weight excluding hydrogens is 287 g/mol. The number of nitrogens with two attached hydrogens (primary N) is 1. The Kier molecular flexibility index (Phi) is 3.17. The van der Waals surface area contributed by atoms with Crippen molar-refractivity contribution in [3.63, 3.8) is 0 Å². The van der Waals surface area contributed by atoms with Gasteiger partial charge in [0.25, 0.3) is 6.43 Å². The lowest BCUT2D eigenvalue weighted by Gasteiger charge is -2.15. The van der Waals surface area contributed by atoms with Crippen LogP contribution < -0.4 is 5.73 Å². The third-order valence-electron chi connectivity index (χ3n) is 1.61. The number of nitrogen functional groups attached to an aromatic ring is 1. The van der Waals surface area contributed by atoms with Gasteiger partial charge in [-0.1, -0.05) is 0 Å². The van der Waals surface area contributed by atoms with Crippen LogP contribution in [0.5, 0.6) is 0 Å². The number of nitrogens with zero attached hydrogens (tertiary/aromatic N) is 1. The molecule has 2 nitrogen and oxygen atoms in total. The van der Waals surface area contributed by atoms with E-state index in [2.05, 4.69) is 20.9 Å². The normalized spacial score (nSPS) is 12.2.